The standard InChI is InChI=1S/C16H20N4O5/c1-3-6-19-8-16(15(24)25)9-20(7-10(16)13(19)22)14(23)11-4-5-12(21)18(2)17-11/h4-5,10H,3,6-9H2,1-2H3,(H,24,25)/t10-,16+/m1/s1. The summed E-state index contributed by atoms with van der Waals surface area (Å²) in [7, 11) is 1.43. The van der Waals surface area contributed by atoms with Crippen LogP contribution in [0.15, 0.2) is 16.9 Å². The summed E-state index contributed by atoms with van der Waals surface area (Å²) >= 11 is 0. The van der Waals surface area contributed by atoms with Gasteiger partial charge < -0.3 is 14.9 Å². The number of aliphatic carboxylic acids is 1. The molecule has 9 heteroatoms. The number of hydrogen-bond donors (Lipinski definition) is 1. The molecule has 0 unspecified atom stereocenters. The first-order valence-electron chi connectivity index (χ1n) is 8.16. The fourth-order valence-electron chi connectivity index (χ4n) is 3.70. The lowest BCUT2D eigenvalue weighted by molar-refractivity contribution is -0.149. The monoisotopic (exact) mass is 348 g/mol. The number of carboxylic acid groups (broad SMARTS) is 1. The highest BCUT2D eigenvalue weighted by Crippen LogP contribution is 2.44. The van der Waals surface area contributed by atoms with Crippen molar-refractivity contribution in [3.8, 4) is 0 Å². The van der Waals surface area contributed by atoms with E-state index in [4.69, 9.17) is 0 Å². The predicted molar refractivity (Wildman–Crippen MR) is 85.8 cm³/mol. The van der Waals surface area contributed by atoms with E-state index in [1.165, 1.54) is 24.1 Å². The van der Waals surface area contributed by atoms with E-state index in [2.05, 4.69) is 5.10 Å². The van der Waals surface area contributed by atoms with Gasteiger partial charge in [0.1, 0.15) is 11.1 Å². The third-order valence-corrected chi connectivity index (χ3v) is 5.01. The molecule has 25 heavy (non-hydrogen) atoms. The van der Waals surface area contributed by atoms with E-state index in [0.29, 0.717) is 6.54 Å². The van der Waals surface area contributed by atoms with Crippen molar-refractivity contribution in [3.63, 3.8) is 0 Å². The van der Waals surface area contributed by atoms with Crippen LogP contribution in [0.25, 0.3) is 0 Å². The summed E-state index contributed by atoms with van der Waals surface area (Å²) in [5.74, 6) is -2.49. The minimum Gasteiger partial charge on any atom is -0.481 e. The number of nitrogens with zero attached hydrogens (tertiary/aromatic N) is 4. The van der Waals surface area contributed by atoms with Gasteiger partial charge in [-0.1, -0.05) is 6.92 Å². The molecule has 2 saturated heterocycles. The smallest absolute Gasteiger partial charge is 0.314 e. The second-order valence-electron chi connectivity index (χ2n) is 6.64. The second-order valence-corrected chi connectivity index (χ2v) is 6.64. The van der Waals surface area contributed by atoms with Crippen LogP contribution in [0.3, 0.4) is 0 Å². The van der Waals surface area contributed by atoms with Gasteiger partial charge in [-0.3, -0.25) is 19.2 Å². The Kier molecular flexibility index (Phi) is 4.09. The Hall–Kier alpha value is -2.71. The Morgan fingerprint density at radius 1 is 1.32 bits per heavy atom. The van der Waals surface area contributed by atoms with Crippen LogP contribution in [0, 0.1) is 11.3 Å². The van der Waals surface area contributed by atoms with E-state index in [1.807, 2.05) is 6.92 Å². The van der Waals surface area contributed by atoms with Crippen LogP contribution in [0.4, 0.5) is 0 Å². The molecular weight excluding hydrogens is 328 g/mol. The molecule has 134 valence electrons. The number of carbonyl (C=O) groups excluding carboxylic acids is 2. The van der Waals surface area contributed by atoms with E-state index in [1.54, 1.807) is 4.90 Å². The van der Waals surface area contributed by atoms with Gasteiger partial charge >= 0.3 is 5.97 Å². The van der Waals surface area contributed by atoms with Gasteiger partial charge in [-0.2, -0.15) is 5.10 Å². The summed E-state index contributed by atoms with van der Waals surface area (Å²) in [5.41, 5.74) is -1.56. The van der Waals surface area contributed by atoms with E-state index < -0.39 is 23.2 Å². The summed E-state index contributed by atoms with van der Waals surface area (Å²) in [5, 5.41) is 13.7. The molecule has 0 spiro atoms. The maximum atomic E-state index is 12.7. The van der Waals surface area contributed by atoms with Crippen LogP contribution in [0.1, 0.15) is 23.8 Å². The fourth-order valence-corrected chi connectivity index (χ4v) is 3.70. The molecule has 3 heterocycles. The lowest BCUT2D eigenvalue weighted by Gasteiger charge is -2.25. The Balaban J connectivity index is 1.87. The number of rotatable bonds is 4. The Labute approximate surface area is 143 Å². The molecule has 2 atom stereocenters. The first kappa shape index (κ1) is 17.1. The Morgan fingerprint density at radius 2 is 2.04 bits per heavy atom. The fraction of sp³-hybridized carbons (Fsp3) is 0.562. The average Bonchev–Trinajstić information content (AvgIpc) is 3.07. The topological polar surface area (TPSA) is 113 Å². The van der Waals surface area contributed by atoms with Gasteiger partial charge in [0.25, 0.3) is 11.5 Å². The maximum Gasteiger partial charge on any atom is 0.314 e. The Bertz CT molecular complexity index is 804. The van der Waals surface area contributed by atoms with E-state index >= 15 is 0 Å². The summed E-state index contributed by atoms with van der Waals surface area (Å²) in [6.07, 6.45) is 0.749. The molecule has 2 aliphatic rings. The number of aryl methyl sites for hydroxylation is 1. The normalized spacial score (nSPS) is 25.4. The highest BCUT2D eigenvalue weighted by molar-refractivity contribution is 5.97. The molecule has 9 nitrogen and oxygen atoms in total. The Morgan fingerprint density at radius 3 is 2.60 bits per heavy atom. The van der Waals surface area contributed by atoms with Gasteiger partial charge in [0.2, 0.25) is 5.91 Å². The SMILES string of the molecule is CCCN1C[C@]2(C(=O)O)CN(C(=O)c3ccc(=O)n(C)n3)C[C@@H]2C1=O. The molecule has 2 aliphatic heterocycles. The van der Waals surface area contributed by atoms with Crippen LogP contribution in [-0.2, 0) is 16.6 Å². The third kappa shape index (κ3) is 2.59. The molecule has 0 aromatic carbocycles. The van der Waals surface area contributed by atoms with Crippen LogP contribution >= 0.6 is 0 Å². The molecule has 1 aromatic heterocycles. The van der Waals surface area contributed by atoms with Gasteiger partial charge in [-0.05, 0) is 12.5 Å². The predicted octanol–water partition coefficient (Wildman–Crippen LogP) is -0.824. The number of hydrogen-bond acceptors (Lipinski definition) is 5. The largest absolute Gasteiger partial charge is 0.481 e. The molecule has 2 amide bonds. The number of carbonyl (C=O) groups is 3. The number of amides is 2. The van der Waals surface area contributed by atoms with Crippen molar-refractivity contribution in [1.82, 2.24) is 19.6 Å². The molecule has 0 bridgehead atoms. The highest BCUT2D eigenvalue weighted by Gasteiger charge is 2.62. The molecule has 0 aliphatic carbocycles. The molecule has 0 saturated carbocycles. The van der Waals surface area contributed by atoms with Gasteiger partial charge in [0.15, 0.2) is 0 Å². The van der Waals surface area contributed by atoms with Gasteiger partial charge in [-0.25, -0.2) is 4.68 Å². The summed E-state index contributed by atoms with van der Waals surface area (Å²) in [6.45, 7) is 2.57. The number of carboxylic acids is 1. The molecule has 0 radical (unpaired) electrons. The second kappa shape index (κ2) is 5.98. The van der Waals surface area contributed by atoms with Crippen molar-refractivity contribution in [1.29, 1.82) is 0 Å². The van der Waals surface area contributed by atoms with E-state index in [-0.39, 0.29) is 36.8 Å². The van der Waals surface area contributed by atoms with Crippen molar-refractivity contribution in [2.24, 2.45) is 18.4 Å². The van der Waals surface area contributed by atoms with E-state index in [0.717, 1.165) is 11.1 Å². The minimum absolute atomic E-state index is 0.0394. The quantitative estimate of drug-likeness (QED) is 0.760. The molecular formula is C16H20N4O5. The van der Waals surface area contributed by atoms with Crippen molar-refractivity contribution in [2.45, 2.75) is 13.3 Å². The van der Waals surface area contributed by atoms with Crippen LogP contribution < -0.4 is 5.56 Å². The van der Waals surface area contributed by atoms with Crippen LogP contribution in [0.5, 0.6) is 0 Å². The van der Waals surface area contributed by atoms with Crippen molar-refractivity contribution in [2.75, 3.05) is 26.2 Å². The zero-order chi connectivity index (χ0) is 18.4. The van der Waals surface area contributed by atoms with Gasteiger partial charge in [0.05, 0.1) is 5.92 Å². The lowest BCUT2D eigenvalue weighted by atomic mass is 9.81. The number of fused-ring (bicyclic) bond motifs is 1. The van der Waals surface area contributed by atoms with Crippen LogP contribution in [-0.4, -0.2) is 68.6 Å². The number of aromatic nitrogens is 2. The zero-order valence-corrected chi connectivity index (χ0v) is 14.1. The van der Waals surface area contributed by atoms with Crippen molar-refractivity contribution < 1.29 is 19.5 Å². The van der Waals surface area contributed by atoms with Crippen molar-refractivity contribution >= 4 is 17.8 Å². The molecule has 1 N–H and O–H groups in total. The van der Waals surface area contributed by atoms with Crippen LogP contribution in [0.2, 0.25) is 0 Å². The summed E-state index contributed by atoms with van der Waals surface area (Å²) in [6, 6.07) is 2.55. The third-order valence-electron chi connectivity index (χ3n) is 5.01. The maximum absolute atomic E-state index is 12.7. The van der Waals surface area contributed by atoms with E-state index in [9.17, 15) is 24.3 Å². The van der Waals surface area contributed by atoms with Gasteiger partial charge in [-0.15, -0.1) is 0 Å². The zero-order valence-electron chi connectivity index (χ0n) is 14.1. The first-order valence-corrected chi connectivity index (χ1v) is 8.16. The average molecular weight is 348 g/mol. The van der Waals surface area contributed by atoms with Crippen molar-refractivity contribution in [3.05, 3.63) is 28.2 Å². The minimum atomic E-state index is -1.28. The summed E-state index contributed by atoms with van der Waals surface area (Å²) < 4.78 is 1.05. The summed E-state index contributed by atoms with van der Waals surface area (Å²) in [4.78, 5) is 51.5. The lowest BCUT2D eigenvalue weighted by Crippen LogP contribution is -2.42. The number of likely N-dealkylation sites (tertiary alicyclic amines) is 2. The highest BCUT2D eigenvalue weighted by atomic mass is 16.4. The van der Waals surface area contributed by atoms with Gasteiger partial charge in [0, 0.05) is 39.3 Å². The molecule has 1 aromatic rings. The molecule has 3 rings (SSSR count). The molecule has 2 fully saturated rings. The first-order chi connectivity index (χ1) is 11.8.